The first-order valence-corrected chi connectivity index (χ1v) is 5.95. The molecule has 0 atom stereocenters. The molecule has 2 rings (SSSR count). The highest BCUT2D eigenvalue weighted by Crippen LogP contribution is 2.30. The Kier molecular flexibility index (Phi) is 3.50. The summed E-state index contributed by atoms with van der Waals surface area (Å²) in [5.41, 5.74) is 1.13. The van der Waals surface area contributed by atoms with Crippen molar-refractivity contribution in [3.63, 3.8) is 0 Å². The van der Waals surface area contributed by atoms with Gasteiger partial charge in [0.2, 0.25) is 0 Å². The molecular weight excluding hydrogens is 214 g/mol. The van der Waals surface area contributed by atoms with E-state index in [0.29, 0.717) is 5.56 Å². The largest absolute Gasteiger partial charge is 0.504 e. The second-order valence-corrected chi connectivity index (χ2v) is 4.21. The van der Waals surface area contributed by atoms with Crippen molar-refractivity contribution in [3.05, 3.63) is 23.8 Å². The van der Waals surface area contributed by atoms with E-state index in [1.807, 2.05) is 18.2 Å². The highest BCUT2D eigenvalue weighted by Gasteiger charge is 2.19. The molecule has 1 fully saturated rings. The van der Waals surface area contributed by atoms with Crippen LogP contribution in [0.25, 0.3) is 0 Å². The van der Waals surface area contributed by atoms with Gasteiger partial charge in [0.1, 0.15) is 6.07 Å². The average molecular weight is 231 g/mol. The smallest absolute Gasteiger partial charge is 0.156 e. The van der Waals surface area contributed by atoms with Crippen LogP contribution in [0.4, 0.5) is 5.69 Å². The summed E-state index contributed by atoms with van der Waals surface area (Å²) in [4.78, 5) is 4.52. The third kappa shape index (κ3) is 2.34. The quantitative estimate of drug-likeness (QED) is 0.836. The fourth-order valence-electron chi connectivity index (χ4n) is 2.18. The van der Waals surface area contributed by atoms with Crippen LogP contribution in [0.5, 0.6) is 5.75 Å². The zero-order valence-corrected chi connectivity index (χ0v) is 10.1. The molecular formula is C13H17N3O. The van der Waals surface area contributed by atoms with Gasteiger partial charge in [0, 0.05) is 26.2 Å². The molecule has 0 amide bonds. The van der Waals surface area contributed by atoms with Gasteiger partial charge in [0.15, 0.2) is 5.75 Å². The molecule has 17 heavy (non-hydrogen) atoms. The summed E-state index contributed by atoms with van der Waals surface area (Å²) in [7, 11) is 0. The lowest BCUT2D eigenvalue weighted by Crippen LogP contribution is -2.46. The van der Waals surface area contributed by atoms with Crippen LogP contribution in [0.1, 0.15) is 12.5 Å². The molecule has 0 spiro atoms. The number of likely N-dealkylation sites (N-methyl/N-ethyl adjacent to an activating group) is 1. The number of hydrogen-bond donors (Lipinski definition) is 1. The molecule has 1 N–H and O–H groups in total. The van der Waals surface area contributed by atoms with Gasteiger partial charge in [-0.25, -0.2) is 0 Å². The standard InChI is InChI=1S/C13H17N3O/c1-2-15-6-8-16(9-7-15)12-5-3-4-11(10-14)13(12)17/h3-5,17H,2,6-9H2,1H3. The molecule has 1 aromatic carbocycles. The van der Waals surface area contributed by atoms with E-state index in [4.69, 9.17) is 5.26 Å². The second kappa shape index (κ2) is 5.07. The lowest BCUT2D eigenvalue weighted by atomic mass is 10.1. The molecule has 0 aromatic heterocycles. The maximum Gasteiger partial charge on any atom is 0.156 e. The van der Waals surface area contributed by atoms with Gasteiger partial charge >= 0.3 is 0 Å². The minimum atomic E-state index is 0.111. The van der Waals surface area contributed by atoms with Gasteiger partial charge in [-0.05, 0) is 18.7 Å². The van der Waals surface area contributed by atoms with Crippen LogP contribution >= 0.6 is 0 Å². The van der Waals surface area contributed by atoms with Crippen LogP contribution in [0.15, 0.2) is 18.2 Å². The van der Waals surface area contributed by atoms with Gasteiger partial charge in [-0.15, -0.1) is 0 Å². The van der Waals surface area contributed by atoms with Crippen LogP contribution in [0.2, 0.25) is 0 Å². The minimum Gasteiger partial charge on any atom is -0.504 e. The number of anilines is 1. The van der Waals surface area contributed by atoms with Crippen molar-refractivity contribution in [1.82, 2.24) is 4.90 Å². The number of nitriles is 1. The van der Waals surface area contributed by atoms with Crippen molar-refractivity contribution >= 4 is 5.69 Å². The highest BCUT2D eigenvalue weighted by atomic mass is 16.3. The molecule has 90 valence electrons. The Hall–Kier alpha value is -1.73. The van der Waals surface area contributed by atoms with Gasteiger partial charge < -0.3 is 14.9 Å². The Morgan fingerprint density at radius 2 is 2.00 bits per heavy atom. The van der Waals surface area contributed by atoms with Crippen molar-refractivity contribution in [1.29, 1.82) is 5.26 Å². The number of benzene rings is 1. The normalized spacial score (nSPS) is 16.8. The Morgan fingerprint density at radius 1 is 1.29 bits per heavy atom. The summed E-state index contributed by atoms with van der Waals surface area (Å²) >= 11 is 0. The zero-order chi connectivity index (χ0) is 12.3. The topological polar surface area (TPSA) is 50.5 Å². The van der Waals surface area contributed by atoms with E-state index in [-0.39, 0.29) is 5.75 Å². The predicted octanol–water partition coefficient (Wildman–Crippen LogP) is 1.41. The van der Waals surface area contributed by atoms with Gasteiger partial charge in [0.25, 0.3) is 0 Å². The third-order valence-electron chi connectivity index (χ3n) is 3.30. The summed E-state index contributed by atoms with van der Waals surface area (Å²) in [6.45, 7) is 7.04. The van der Waals surface area contributed by atoms with Gasteiger partial charge in [-0.3, -0.25) is 0 Å². The first-order chi connectivity index (χ1) is 8.26. The number of hydrogen-bond acceptors (Lipinski definition) is 4. The SMILES string of the molecule is CCN1CCN(c2cccc(C#N)c2O)CC1. The van der Waals surface area contributed by atoms with E-state index in [2.05, 4.69) is 16.7 Å². The second-order valence-electron chi connectivity index (χ2n) is 4.21. The molecule has 0 radical (unpaired) electrons. The molecule has 4 nitrogen and oxygen atoms in total. The van der Waals surface area contributed by atoms with Crippen LogP contribution in [0, 0.1) is 11.3 Å². The molecule has 4 heteroatoms. The molecule has 0 aliphatic carbocycles. The Labute approximate surface area is 102 Å². The molecule has 1 heterocycles. The molecule has 0 unspecified atom stereocenters. The van der Waals surface area contributed by atoms with Gasteiger partial charge in [0.05, 0.1) is 11.3 Å². The van der Waals surface area contributed by atoms with Crippen molar-refractivity contribution in [2.24, 2.45) is 0 Å². The van der Waals surface area contributed by atoms with E-state index in [1.165, 1.54) is 0 Å². The lowest BCUT2D eigenvalue weighted by molar-refractivity contribution is 0.270. The first kappa shape index (κ1) is 11.7. The molecule has 0 bridgehead atoms. The molecule has 1 aliphatic rings. The summed E-state index contributed by atoms with van der Waals surface area (Å²) in [6, 6.07) is 7.34. The maximum atomic E-state index is 9.99. The number of nitrogens with zero attached hydrogens (tertiary/aromatic N) is 3. The number of phenols is 1. The number of rotatable bonds is 2. The molecule has 1 saturated heterocycles. The number of para-hydroxylation sites is 1. The number of aromatic hydroxyl groups is 1. The third-order valence-corrected chi connectivity index (χ3v) is 3.30. The molecule has 0 saturated carbocycles. The van der Waals surface area contributed by atoms with Crippen molar-refractivity contribution in [2.75, 3.05) is 37.6 Å². The fraction of sp³-hybridized carbons (Fsp3) is 0.462. The van der Waals surface area contributed by atoms with Crippen LogP contribution in [0.3, 0.4) is 0 Å². The number of piperazine rings is 1. The zero-order valence-electron chi connectivity index (χ0n) is 10.1. The van der Waals surface area contributed by atoms with Gasteiger partial charge in [-0.2, -0.15) is 5.26 Å². The Morgan fingerprint density at radius 3 is 2.59 bits per heavy atom. The van der Waals surface area contributed by atoms with E-state index in [1.54, 1.807) is 6.07 Å². The monoisotopic (exact) mass is 231 g/mol. The fourth-order valence-corrected chi connectivity index (χ4v) is 2.18. The Balaban J connectivity index is 2.16. The minimum absolute atomic E-state index is 0.111. The van der Waals surface area contributed by atoms with Crippen molar-refractivity contribution < 1.29 is 5.11 Å². The van der Waals surface area contributed by atoms with Crippen molar-refractivity contribution in [3.8, 4) is 11.8 Å². The van der Waals surface area contributed by atoms with E-state index in [9.17, 15) is 5.11 Å². The van der Waals surface area contributed by atoms with E-state index >= 15 is 0 Å². The highest BCUT2D eigenvalue weighted by molar-refractivity contribution is 5.64. The Bertz CT molecular complexity index is 431. The average Bonchev–Trinajstić information content (AvgIpc) is 2.39. The van der Waals surface area contributed by atoms with E-state index in [0.717, 1.165) is 38.4 Å². The summed E-state index contributed by atoms with van der Waals surface area (Å²) in [6.07, 6.45) is 0. The number of phenolic OH excluding ortho intramolecular Hbond substituents is 1. The lowest BCUT2D eigenvalue weighted by Gasteiger charge is -2.35. The summed E-state index contributed by atoms with van der Waals surface area (Å²) < 4.78 is 0. The van der Waals surface area contributed by atoms with Gasteiger partial charge in [-0.1, -0.05) is 13.0 Å². The van der Waals surface area contributed by atoms with Crippen LogP contribution in [-0.2, 0) is 0 Å². The maximum absolute atomic E-state index is 9.99. The summed E-state index contributed by atoms with van der Waals surface area (Å²) in [5, 5.41) is 18.9. The van der Waals surface area contributed by atoms with E-state index < -0.39 is 0 Å². The van der Waals surface area contributed by atoms with Crippen molar-refractivity contribution in [2.45, 2.75) is 6.92 Å². The van der Waals surface area contributed by atoms with Crippen LogP contribution in [-0.4, -0.2) is 42.7 Å². The summed E-state index contributed by atoms with van der Waals surface area (Å²) in [5.74, 6) is 0.111. The molecule has 1 aromatic rings. The predicted molar refractivity (Wildman–Crippen MR) is 67.1 cm³/mol. The van der Waals surface area contributed by atoms with Crippen LogP contribution < -0.4 is 4.90 Å². The molecule has 1 aliphatic heterocycles. The first-order valence-electron chi connectivity index (χ1n) is 5.95.